The lowest BCUT2D eigenvalue weighted by molar-refractivity contribution is 0.486. The standard InChI is InChI=1S/C32H37PS/c34-33(29-22-12-4-13-23-29,30-24-14-5-15-25-30)32(28-20-10-3-11-21-28)31(26-16-6-1-7-17-26)27-18-8-2-9-19-27/h1-3,6-11,16-21,29-30H,4-5,12-15,22-25H2. The second kappa shape index (κ2) is 11.2. The third-order valence-electron chi connectivity index (χ3n) is 7.99. The van der Waals surface area contributed by atoms with Gasteiger partial charge in [0.15, 0.2) is 0 Å². The van der Waals surface area contributed by atoms with Crippen LogP contribution in [0.1, 0.15) is 80.9 Å². The van der Waals surface area contributed by atoms with Crippen molar-refractivity contribution in [2.75, 3.05) is 0 Å². The van der Waals surface area contributed by atoms with E-state index in [1.165, 1.54) is 91.8 Å². The zero-order valence-electron chi connectivity index (χ0n) is 20.2. The molecule has 2 aliphatic rings. The highest BCUT2D eigenvalue weighted by atomic mass is 32.4. The highest BCUT2D eigenvalue weighted by Crippen LogP contribution is 2.72. The van der Waals surface area contributed by atoms with E-state index in [1.54, 1.807) is 0 Å². The molecule has 0 spiro atoms. The Bertz CT molecular complexity index is 1060. The van der Waals surface area contributed by atoms with Gasteiger partial charge in [-0.05, 0) is 65.3 Å². The molecule has 0 radical (unpaired) electrons. The molecule has 0 heterocycles. The molecule has 0 bridgehead atoms. The lowest BCUT2D eigenvalue weighted by Gasteiger charge is -2.44. The summed E-state index contributed by atoms with van der Waals surface area (Å²) in [5.74, 6) is 0. The molecule has 0 nitrogen and oxygen atoms in total. The van der Waals surface area contributed by atoms with Gasteiger partial charge in [0, 0.05) is 5.31 Å². The highest BCUT2D eigenvalue weighted by Gasteiger charge is 2.42. The highest BCUT2D eigenvalue weighted by molar-refractivity contribution is 8.20. The zero-order chi connectivity index (χ0) is 23.2. The van der Waals surface area contributed by atoms with Gasteiger partial charge in [0.25, 0.3) is 0 Å². The monoisotopic (exact) mass is 484 g/mol. The third kappa shape index (κ3) is 4.89. The molecule has 0 aromatic heterocycles. The van der Waals surface area contributed by atoms with Crippen molar-refractivity contribution in [3.63, 3.8) is 0 Å². The third-order valence-corrected chi connectivity index (χ3v) is 14.7. The summed E-state index contributed by atoms with van der Waals surface area (Å²) in [5, 5.41) is 1.53. The minimum Gasteiger partial charge on any atom is -0.0919 e. The zero-order valence-corrected chi connectivity index (χ0v) is 22.0. The van der Waals surface area contributed by atoms with Gasteiger partial charge in [-0.3, -0.25) is 0 Å². The van der Waals surface area contributed by atoms with Crippen molar-refractivity contribution in [2.45, 2.75) is 75.5 Å². The number of hydrogen-bond acceptors (Lipinski definition) is 1. The molecular weight excluding hydrogens is 447 g/mol. The van der Waals surface area contributed by atoms with Gasteiger partial charge in [-0.2, -0.15) is 0 Å². The molecule has 5 rings (SSSR count). The number of rotatable bonds is 6. The van der Waals surface area contributed by atoms with Crippen LogP contribution in [-0.2, 0) is 11.8 Å². The normalized spacial score (nSPS) is 17.9. The van der Waals surface area contributed by atoms with Crippen LogP contribution in [0.5, 0.6) is 0 Å². The molecule has 2 aliphatic carbocycles. The van der Waals surface area contributed by atoms with Crippen molar-refractivity contribution in [1.29, 1.82) is 0 Å². The molecule has 2 saturated carbocycles. The minimum atomic E-state index is -1.88. The average Bonchev–Trinajstić information content (AvgIpc) is 2.93. The summed E-state index contributed by atoms with van der Waals surface area (Å²) in [5.41, 5.74) is 6.74. The van der Waals surface area contributed by atoms with Crippen molar-refractivity contribution >= 4 is 28.7 Å². The van der Waals surface area contributed by atoms with Crippen LogP contribution in [0.3, 0.4) is 0 Å². The van der Waals surface area contributed by atoms with E-state index in [1.807, 2.05) is 0 Å². The minimum absolute atomic E-state index is 0.678. The lowest BCUT2D eigenvalue weighted by Crippen LogP contribution is -2.24. The lowest BCUT2D eigenvalue weighted by atomic mass is 9.95. The topological polar surface area (TPSA) is 0 Å². The summed E-state index contributed by atoms with van der Waals surface area (Å²) in [7, 11) is 0. The fourth-order valence-corrected chi connectivity index (χ4v) is 13.0. The Morgan fingerprint density at radius 3 is 1.24 bits per heavy atom. The summed E-state index contributed by atoms with van der Waals surface area (Å²) >= 11 is 7.17. The predicted molar refractivity (Wildman–Crippen MR) is 153 cm³/mol. The predicted octanol–water partition coefficient (Wildman–Crippen LogP) is 9.75. The molecule has 0 aliphatic heterocycles. The molecule has 34 heavy (non-hydrogen) atoms. The first-order chi connectivity index (χ1) is 16.8. The van der Waals surface area contributed by atoms with Crippen LogP contribution in [0.4, 0.5) is 0 Å². The fraction of sp³-hybridized carbons (Fsp3) is 0.375. The van der Waals surface area contributed by atoms with Crippen LogP contribution < -0.4 is 0 Å². The largest absolute Gasteiger partial charge is 0.0919 e. The molecule has 3 aromatic carbocycles. The summed E-state index contributed by atoms with van der Waals surface area (Å²) in [6.07, 6.45) is 13.4. The summed E-state index contributed by atoms with van der Waals surface area (Å²) in [6.45, 7) is 0. The Morgan fingerprint density at radius 1 is 0.500 bits per heavy atom. The second-order valence-electron chi connectivity index (χ2n) is 10.1. The van der Waals surface area contributed by atoms with Crippen LogP contribution in [-0.4, -0.2) is 11.3 Å². The van der Waals surface area contributed by atoms with Gasteiger partial charge in [0.05, 0.1) is 0 Å². The number of benzene rings is 3. The Morgan fingerprint density at radius 2 is 0.853 bits per heavy atom. The molecule has 0 atom stereocenters. The molecule has 0 amide bonds. The first kappa shape index (κ1) is 23.8. The van der Waals surface area contributed by atoms with E-state index in [0.29, 0.717) is 11.3 Å². The quantitative estimate of drug-likeness (QED) is 0.248. The maximum atomic E-state index is 7.17. The maximum Gasteiger partial charge on any atom is 0.00196 e. The smallest absolute Gasteiger partial charge is 0.00196 e. The average molecular weight is 485 g/mol. The van der Waals surface area contributed by atoms with Crippen molar-refractivity contribution < 1.29 is 0 Å². The van der Waals surface area contributed by atoms with E-state index in [0.717, 1.165) is 0 Å². The molecule has 0 N–H and O–H groups in total. The van der Waals surface area contributed by atoms with Crippen molar-refractivity contribution in [2.24, 2.45) is 0 Å². The SMILES string of the molecule is S=P(C(=C(c1ccccc1)c1ccccc1)c1ccccc1)(C1CCCCC1)C1CCCCC1. The first-order valence-electron chi connectivity index (χ1n) is 13.3. The fourth-order valence-electron chi connectivity index (χ4n) is 6.36. The van der Waals surface area contributed by atoms with E-state index >= 15 is 0 Å². The molecule has 2 heteroatoms. The van der Waals surface area contributed by atoms with Gasteiger partial charge in [-0.25, -0.2) is 0 Å². The Hall–Kier alpha value is -1.95. The van der Waals surface area contributed by atoms with Crippen molar-refractivity contribution in [3.8, 4) is 0 Å². The first-order valence-corrected chi connectivity index (χ1v) is 16.2. The molecule has 0 unspecified atom stereocenters. The van der Waals surface area contributed by atoms with E-state index in [-0.39, 0.29) is 0 Å². The maximum absolute atomic E-state index is 7.17. The van der Waals surface area contributed by atoms with Crippen LogP contribution in [0.25, 0.3) is 10.9 Å². The van der Waals surface area contributed by atoms with E-state index in [2.05, 4.69) is 91.0 Å². The van der Waals surface area contributed by atoms with Crippen LogP contribution >= 0.6 is 6.04 Å². The van der Waals surface area contributed by atoms with Crippen LogP contribution in [0.2, 0.25) is 0 Å². The molecular formula is C32H37PS. The van der Waals surface area contributed by atoms with Crippen molar-refractivity contribution in [1.82, 2.24) is 0 Å². The van der Waals surface area contributed by atoms with E-state index in [4.69, 9.17) is 11.8 Å². The van der Waals surface area contributed by atoms with Gasteiger partial charge in [0.2, 0.25) is 0 Å². The van der Waals surface area contributed by atoms with Gasteiger partial charge >= 0.3 is 0 Å². The Kier molecular flexibility index (Phi) is 7.83. The van der Waals surface area contributed by atoms with Crippen LogP contribution in [0, 0.1) is 0 Å². The summed E-state index contributed by atoms with van der Waals surface area (Å²) < 4.78 is 0. The van der Waals surface area contributed by atoms with Gasteiger partial charge in [-0.1, -0.05) is 141 Å². The molecule has 2 fully saturated rings. The van der Waals surface area contributed by atoms with Gasteiger partial charge in [0.1, 0.15) is 0 Å². The van der Waals surface area contributed by atoms with Crippen molar-refractivity contribution in [3.05, 3.63) is 108 Å². The molecule has 3 aromatic rings. The Labute approximate surface area is 211 Å². The molecule has 0 saturated heterocycles. The van der Waals surface area contributed by atoms with Gasteiger partial charge < -0.3 is 0 Å². The number of hydrogen-bond donors (Lipinski definition) is 0. The van der Waals surface area contributed by atoms with Crippen LogP contribution in [0.15, 0.2) is 91.0 Å². The molecule has 176 valence electrons. The van der Waals surface area contributed by atoms with E-state index < -0.39 is 6.04 Å². The summed E-state index contributed by atoms with van der Waals surface area (Å²) in [6, 6.07) is 31.6. The van der Waals surface area contributed by atoms with Gasteiger partial charge in [-0.15, -0.1) is 0 Å². The second-order valence-corrected chi connectivity index (χ2v) is 15.3. The Balaban J connectivity index is 1.84. The van der Waals surface area contributed by atoms with E-state index in [9.17, 15) is 0 Å². The summed E-state index contributed by atoms with van der Waals surface area (Å²) in [4.78, 5) is 0.